The summed E-state index contributed by atoms with van der Waals surface area (Å²) in [6.45, 7) is 0. The molecule has 0 aliphatic carbocycles. The average molecular weight is 305 g/mol. The Morgan fingerprint density at radius 2 is 1.70 bits per heavy atom. The third-order valence-electron chi connectivity index (χ3n) is 2.62. The second kappa shape index (κ2) is 6.69. The van der Waals surface area contributed by atoms with Gasteiger partial charge in [-0.25, -0.2) is 5.84 Å². The minimum atomic E-state index is -0.296. The molecule has 0 aliphatic rings. The van der Waals surface area contributed by atoms with Gasteiger partial charge in [-0.2, -0.15) is 0 Å². The molecule has 4 nitrogen and oxygen atoms in total. The summed E-state index contributed by atoms with van der Waals surface area (Å²) in [7, 11) is 0. The molecular formula is C14H15N3OS2. The molecule has 0 atom stereocenters. The van der Waals surface area contributed by atoms with E-state index in [0.717, 1.165) is 20.4 Å². The predicted molar refractivity (Wildman–Crippen MR) is 84.9 cm³/mol. The number of nitrogen functional groups attached to an aromatic ring is 2. The minimum Gasteiger partial charge on any atom is -0.399 e. The molecule has 2 rings (SSSR count). The number of hydrazine groups is 1. The molecule has 2 aromatic carbocycles. The number of amides is 1. The van der Waals surface area contributed by atoms with Crippen LogP contribution in [0.25, 0.3) is 0 Å². The summed E-state index contributed by atoms with van der Waals surface area (Å²) in [5.41, 5.74) is 9.27. The predicted octanol–water partition coefficient (Wildman–Crippen LogP) is 2.75. The van der Waals surface area contributed by atoms with Gasteiger partial charge in [-0.05, 0) is 48.7 Å². The number of carbonyl (C=O) groups is 1. The number of hydrogen-bond donors (Lipinski definition) is 3. The molecule has 0 saturated carbocycles. The minimum absolute atomic E-state index is 0.296. The van der Waals surface area contributed by atoms with Gasteiger partial charge in [-0.15, -0.1) is 11.8 Å². The Morgan fingerprint density at radius 1 is 1.05 bits per heavy atom. The van der Waals surface area contributed by atoms with Crippen LogP contribution >= 0.6 is 23.5 Å². The van der Waals surface area contributed by atoms with Crippen LogP contribution in [0.2, 0.25) is 0 Å². The zero-order valence-electron chi connectivity index (χ0n) is 10.9. The third-order valence-corrected chi connectivity index (χ3v) is 4.31. The molecule has 104 valence electrons. The van der Waals surface area contributed by atoms with Crippen molar-refractivity contribution in [3.63, 3.8) is 0 Å². The van der Waals surface area contributed by atoms with Gasteiger partial charge in [0.1, 0.15) is 0 Å². The molecule has 0 aromatic heterocycles. The summed E-state index contributed by atoms with van der Waals surface area (Å²) in [5, 5.41) is 0. The molecule has 6 heteroatoms. The molecule has 0 spiro atoms. The molecule has 0 bridgehead atoms. The van der Waals surface area contributed by atoms with Crippen LogP contribution < -0.4 is 17.0 Å². The van der Waals surface area contributed by atoms with E-state index in [1.54, 1.807) is 35.7 Å². The highest BCUT2D eigenvalue weighted by atomic mass is 32.2. The molecule has 2 aromatic rings. The van der Waals surface area contributed by atoms with E-state index in [9.17, 15) is 4.79 Å². The molecule has 0 saturated heterocycles. The second-order valence-corrected chi connectivity index (χ2v) is 6.07. The van der Waals surface area contributed by atoms with Crippen LogP contribution in [0.3, 0.4) is 0 Å². The van der Waals surface area contributed by atoms with Crippen LogP contribution in [0.1, 0.15) is 10.4 Å². The Kier molecular flexibility index (Phi) is 4.94. The van der Waals surface area contributed by atoms with Gasteiger partial charge >= 0.3 is 0 Å². The number of benzene rings is 2. The van der Waals surface area contributed by atoms with Crippen molar-refractivity contribution in [1.82, 2.24) is 5.43 Å². The maximum atomic E-state index is 11.3. The molecule has 0 fully saturated rings. The van der Waals surface area contributed by atoms with Crippen molar-refractivity contribution in [1.29, 1.82) is 0 Å². The van der Waals surface area contributed by atoms with Crippen molar-refractivity contribution in [3.05, 3.63) is 48.0 Å². The highest BCUT2D eigenvalue weighted by Gasteiger charge is 2.05. The summed E-state index contributed by atoms with van der Waals surface area (Å²) in [4.78, 5) is 14.6. The number of hydrogen-bond acceptors (Lipinski definition) is 5. The van der Waals surface area contributed by atoms with Gasteiger partial charge < -0.3 is 5.73 Å². The molecule has 5 N–H and O–H groups in total. The standard InChI is InChI=1S/C14H15N3OS2/c1-19-12-6-10(15)7-13(8-12)20-11-4-2-9(3-5-11)14(18)17-16/h2-8H,15-16H2,1H3,(H,17,18). The third kappa shape index (κ3) is 3.69. The maximum absolute atomic E-state index is 11.3. The normalized spacial score (nSPS) is 10.3. The van der Waals surface area contributed by atoms with Gasteiger partial charge in [0.15, 0.2) is 0 Å². The number of thioether (sulfide) groups is 1. The van der Waals surface area contributed by atoms with Crippen LogP contribution in [0.4, 0.5) is 5.69 Å². The fourth-order valence-corrected chi connectivity index (χ4v) is 3.16. The van der Waals surface area contributed by atoms with E-state index >= 15 is 0 Å². The van der Waals surface area contributed by atoms with E-state index in [-0.39, 0.29) is 5.91 Å². The van der Waals surface area contributed by atoms with E-state index in [0.29, 0.717) is 5.56 Å². The van der Waals surface area contributed by atoms with Crippen LogP contribution in [0.5, 0.6) is 0 Å². The Labute approximate surface area is 126 Å². The number of anilines is 1. The first-order valence-corrected chi connectivity index (χ1v) is 7.90. The Hall–Kier alpha value is -1.63. The molecule has 0 heterocycles. The van der Waals surface area contributed by atoms with Gasteiger partial charge in [0.25, 0.3) is 5.91 Å². The SMILES string of the molecule is CSc1cc(N)cc(Sc2ccc(C(=O)NN)cc2)c1. The quantitative estimate of drug-likeness (QED) is 0.266. The van der Waals surface area contributed by atoms with Crippen LogP contribution in [-0.2, 0) is 0 Å². The van der Waals surface area contributed by atoms with Gasteiger partial charge in [-0.1, -0.05) is 11.8 Å². The number of nitrogens with two attached hydrogens (primary N) is 2. The van der Waals surface area contributed by atoms with Crippen LogP contribution in [0.15, 0.2) is 57.2 Å². The fraction of sp³-hybridized carbons (Fsp3) is 0.0714. The molecule has 1 amide bonds. The van der Waals surface area contributed by atoms with Crippen LogP contribution in [0, 0.1) is 0 Å². The summed E-state index contributed by atoms with van der Waals surface area (Å²) < 4.78 is 0. The lowest BCUT2D eigenvalue weighted by molar-refractivity contribution is 0.0953. The van der Waals surface area contributed by atoms with E-state index in [1.165, 1.54) is 0 Å². The summed E-state index contributed by atoms with van der Waals surface area (Å²) in [5.74, 6) is 4.80. The highest BCUT2D eigenvalue weighted by Crippen LogP contribution is 2.32. The van der Waals surface area contributed by atoms with Gasteiger partial charge in [0.2, 0.25) is 0 Å². The van der Waals surface area contributed by atoms with E-state index in [2.05, 4.69) is 11.5 Å². The monoisotopic (exact) mass is 305 g/mol. The van der Waals surface area contributed by atoms with Gasteiger partial charge in [0, 0.05) is 25.9 Å². The number of carbonyl (C=O) groups excluding carboxylic acids is 1. The molecule has 20 heavy (non-hydrogen) atoms. The first-order chi connectivity index (χ1) is 9.62. The maximum Gasteiger partial charge on any atom is 0.265 e. The summed E-state index contributed by atoms with van der Waals surface area (Å²) in [6.07, 6.45) is 2.02. The fourth-order valence-electron chi connectivity index (χ4n) is 1.66. The first kappa shape index (κ1) is 14.8. The van der Waals surface area contributed by atoms with Crippen LogP contribution in [-0.4, -0.2) is 12.2 Å². The number of rotatable bonds is 4. The first-order valence-electron chi connectivity index (χ1n) is 5.86. The van der Waals surface area contributed by atoms with Crippen molar-refractivity contribution in [2.24, 2.45) is 5.84 Å². The topological polar surface area (TPSA) is 81.1 Å². The van der Waals surface area contributed by atoms with Crippen molar-refractivity contribution in [3.8, 4) is 0 Å². The summed E-state index contributed by atoms with van der Waals surface area (Å²) >= 11 is 3.26. The highest BCUT2D eigenvalue weighted by molar-refractivity contribution is 7.99. The van der Waals surface area contributed by atoms with Crippen molar-refractivity contribution in [2.45, 2.75) is 14.7 Å². The van der Waals surface area contributed by atoms with Crippen molar-refractivity contribution in [2.75, 3.05) is 12.0 Å². The van der Waals surface area contributed by atoms with E-state index < -0.39 is 0 Å². The zero-order chi connectivity index (χ0) is 14.5. The lowest BCUT2D eigenvalue weighted by Gasteiger charge is -2.06. The molecule has 0 unspecified atom stereocenters. The molecular weight excluding hydrogens is 290 g/mol. The largest absolute Gasteiger partial charge is 0.399 e. The Balaban J connectivity index is 2.17. The van der Waals surface area contributed by atoms with Gasteiger partial charge in [0.05, 0.1) is 0 Å². The molecule has 0 radical (unpaired) electrons. The van der Waals surface area contributed by atoms with Crippen molar-refractivity contribution < 1.29 is 4.79 Å². The lowest BCUT2D eigenvalue weighted by atomic mass is 10.2. The van der Waals surface area contributed by atoms with E-state index in [4.69, 9.17) is 11.6 Å². The second-order valence-electron chi connectivity index (χ2n) is 4.04. The van der Waals surface area contributed by atoms with Crippen molar-refractivity contribution >= 4 is 35.1 Å². The van der Waals surface area contributed by atoms with E-state index in [1.807, 2.05) is 30.5 Å². The summed E-state index contributed by atoms with van der Waals surface area (Å²) in [6, 6.07) is 13.2. The lowest BCUT2D eigenvalue weighted by Crippen LogP contribution is -2.29. The smallest absolute Gasteiger partial charge is 0.265 e. The number of nitrogens with one attached hydrogen (secondary N) is 1. The average Bonchev–Trinajstić information content (AvgIpc) is 2.46. The zero-order valence-corrected chi connectivity index (χ0v) is 12.6. The van der Waals surface area contributed by atoms with Gasteiger partial charge in [-0.3, -0.25) is 10.2 Å². The Bertz CT molecular complexity index is 614. The molecule has 0 aliphatic heterocycles. The Morgan fingerprint density at radius 3 is 2.30 bits per heavy atom.